The van der Waals surface area contributed by atoms with E-state index in [0.29, 0.717) is 18.8 Å². The predicted molar refractivity (Wildman–Crippen MR) is 91.5 cm³/mol. The first-order valence-electron chi connectivity index (χ1n) is 7.85. The first-order chi connectivity index (χ1) is 11.9. The van der Waals surface area contributed by atoms with Gasteiger partial charge < -0.3 is 9.64 Å². The zero-order valence-electron chi connectivity index (χ0n) is 13.8. The monoisotopic (exact) mass is 364 g/mol. The summed E-state index contributed by atoms with van der Waals surface area (Å²) in [7, 11) is -3.31. The quantitative estimate of drug-likeness (QED) is 0.801. The van der Waals surface area contributed by atoms with Gasteiger partial charge in [-0.2, -0.15) is 5.10 Å². The minimum absolute atomic E-state index is 0.0651. The second kappa shape index (κ2) is 7.24. The number of hydrogen-bond donors (Lipinski definition) is 1. The van der Waals surface area contributed by atoms with Crippen molar-refractivity contribution in [2.75, 3.05) is 26.0 Å². The SMILES string of the molecule is CS(=O)(=O)NCC1CN(C(=O)COc2ccccc2)Cc2ccnn21. The van der Waals surface area contributed by atoms with Gasteiger partial charge in [0, 0.05) is 19.3 Å². The molecule has 0 bridgehead atoms. The lowest BCUT2D eigenvalue weighted by molar-refractivity contribution is -0.135. The number of nitrogens with one attached hydrogen (secondary N) is 1. The molecule has 1 aliphatic rings. The molecule has 0 aliphatic carbocycles. The Labute approximate surface area is 146 Å². The zero-order valence-corrected chi connectivity index (χ0v) is 14.6. The van der Waals surface area contributed by atoms with Crippen LogP contribution in [0.25, 0.3) is 0 Å². The van der Waals surface area contributed by atoms with Crippen LogP contribution in [-0.4, -0.2) is 55.0 Å². The molecule has 0 fully saturated rings. The molecule has 0 spiro atoms. The Balaban J connectivity index is 1.65. The van der Waals surface area contributed by atoms with Gasteiger partial charge in [-0.15, -0.1) is 0 Å². The fraction of sp³-hybridized carbons (Fsp3) is 0.375. The van der Waals surface area contributed by atoms with E-state index < -0.39 is 10.0 Å². The Morgan fingerprint density at radius 3 is 2.80 bits per heavy atom. The van der Waals surface area contributed by atoms with Crippen molar-refractivity contribution in [3.05, 3.63) is 48.3 Å². The molecule has 1 N–H and O–H groups in total. The number of benzene rings is 1. The molecule has 1 amide bonds. The van der Waals surface area contributed by atoms with Crippen LogP contribution in [0, 0.1) is 0 Å². The first kappa shape index (κ1) is 17.4. The van der Waals surface area contributed by atoms with Crippen LogP contribution in [0.5, 0.6) is 5.75 Å². The highest BCUT2D eigenvalue weighted by Crippen LogP contribution is 2.20. The highest BCUT2D eigenvalue weighted by Gasteiger charge is 2.29. The number of fused-ring (bicyclic) bond motifs is 1. The minimum Gasteiger partial charge on any atom is -0.484 e. The number of para-hydroxylation sites is 1. The van der Waals surface area contributed by atoms with Crippen molar-refractivity contribution in [2.45, 2.75) is 12.6 Å². The summed E-state index contributed by atoms with van der Waals surface area (Å²) in [4.78, 5) is 14.1. The lowest BCUT2D eigenvalue weighted by Gasteiger charge is -2.33. The molecule has 0 saturated heterocycles. The van der Waals surface area contributed by atoms with Crippen molar-refractivity contribution < 1.29 is 17.9 Å². The maximum Gasteiger partial charge on any atom is 0.260 e. The van der Waals surface area contributed by atoms with E-state index in [4.69, 9.17) is 4.74 Å². The number of carbonyl (C=O) groups is 1. The molecule has 2 aromatic rings. The van der Waals surface area contributed by atoms with E-state index in [9.17, 15) is 13.2 Å². The zero-order chi connectivity index (χ0) is 17.9. The standard InChI is InChI=1S/C16H20N4O4S/c1-25(22,23)18-9-14-11-19(10-13-7-8-17-20(13)14)16(21)12-24-15-5-3-2-4-6-15/h2-8,14,18H,9-12H2,1H3. The van der Waals surface area contributed by atoms with Crippen molar-refractivity contribution >= 4 is 15.9 Å². The number of nitrogens with zero attached hydrogens (tertiary/aromatic N) is 3. The summed E-state index contributed by atoms with van der Waals surface area (Å²) < 4.78 is 32.5. The average Bonchev–Trinajstić information content (AvgIpc) is 3.06. The number of sulfonamides is 1. The molecular weight excluding hydrogens is 344 g/mol. The highest BCUT2D eigenvalue weighted by molar-refractivity contribution is 7.88. The van der Waals surface area contributed by atoms with Crippen molar-refractivity contribution in [3.63, 3.8) is 0 Å². The van der Waals surface area contributed by atoms with Gasteiger partial charge >= 0.3 is 0 Å². The molecule has 0 saturated carbocycles. The van der Waals surface area contributed by atoms with Gasteiger partial charge in [0.05, 0.1) is 24.5 Å². The molecule has 134 valence electrons. The molecule has 1 aliphatic heterocycles. The van der Waals surface area contributed by atoms with E-state index in [-0.39, 0.29) is 25.1 Å². The first-order valence-corrected chi connectivity index (χ1v) is 9.74. The molecule has 2 heterocycles. The van der Waals surface area contributed by atoms with E-state index in [1.807, 2.05) is 24.3 Å². The maximum atomic E-state index is 12.5. The summed E-state index contributed by atoms with van der Waals surface area (Å²) in [5.41, 5.74) is 0.861. The van der Waals surface area contributed by atoms with Crippen LogP contribution >= 0.6 is 0 Å². The second-order valence-electron chi connectivity index (χ2n) is 5.92. The van der Waals surface area contributed by atoms with Gasteiger partial charge in [0.25, 0.3) is 5.91 Å². The number of rotatable bonds is 6. The summed E-state index contributed by atoms with van der Waals surface area (Å²) in [6.45, 7) is 0.905. The summed E-state index contributed by atoms with van der Waals surface area (Å²) in [6.07, 6.45) is 2.76. The topological polar surface area (TPSA) is 93.5 Å². The molecule has 1 aromatic carbocycles. The van der Waals surface area contributed by atoms with Crippen molar-refractivity contribution in [3.8, 4) is 5.75 Å². The van der Waals surface area contributed by atoms with Crippen LogP contribution in [0.1, 0.15) is 11.7 Å². The highest BCUT2D eigenvalue weighted by atomic mass is 32.2. The van der Waals surface area contributed by atoms with E-state index in [1.54, 1.807) is 27.9 Å². The molecular formula is C16H20N4O4S. The van der Waals surface area contributed by atoms with Gasteiger partial charge in [0.15, 0.2) is 6.61 Å². The number of hydrogen-bond acceptors (Lipinski definition) is 5. The molecule has 1 atom stereocenters. The van der Waals surface area contributed by atoms with Gasteiger partial charge in [0.1, 0.15) is 5.75 Å². The number of carbonyl (C=O) groups excluding carboxylic acids is 1. The summed E-state index contributed by atoms with van der Waals surface area (Å²) in [6, 6.07) is 10.7. The van der Waals surface area contributed by atoms with Crippen LogP contribution in [0.4, 0.5) is 0 Å². The van der Waals surface area contributed by atoms with E-state index in [0.717, 1.165) is 11.9 Å². The third-order valence-electron chi connectivity index (χ3n) is 3.92. The van der Waals surface area contributed by atoms with Crippen LogP contribution in [0.2, 0.25) is 0 Å². The van der Waals surface area contributed by atoms with Crippen molar-refractivity contribution in [1.29, 1.82) is 0 Å². The Hall–Kier alpha value is -2.39. The van der Waals surface area contributed by atoms with Gasteiger partial charge in [-0.25, -0.2) is 13.1 Å². The molecule has 3 rings (SSSR count). The Morgan fingerprint density at radius 1 is 1.32 bits per heavy atom. The summed E-state index contributed by atoms with van der Waals surface area (Å²) in [5, 5.41) is 4.24. The third kappa shape index (κ3) is 4.58. The third-order valence-corrected chi connectivity index (χ3v) is 4.61. The van der Waals surface area contributed by atoms with Crippen molar-refractivity contribution in [2.24, 2.45) is 0 Å². The van der Waals surface area contributed by atoms with E-state index >= 15 is 0 Å². The molecule has 1 unspecified atom stereocenters. The Morgan fingerprint density at radius 2 is 2.08 bits per heavy atom. The van der Waals surface area contributed by atoms with E-state index in [2.05, 4.69) is 9.82 Å². The second-order valence-corrected chi connectivity index (χ2v) is 7.75. The number of amides is 1. The number of aromatic nitrogens is 2. The lowest BCUT2D eigenvalue weighted by Crippen LogP contribution is -2.46. The Bertz CT molecular complexity index is 835. The molecule has 25 heavy (non-hydrogen) atoms. The van der Waals surface area contributed by atoms with Gasteiger partial charge in [0.2, 0.25) is 10.0 Å². The van der Waals surface area contributed by atoms with E-state index in [1.165, 1.54) is 0 Å². The average molecular weight is 364 g/mol. The lowest BCUT2D eigenvalue weighted by atomic mass is 10.2. The number of ether oxygens (including phenoxy) is 1. The largest absolute Gasteiger partial charge is 0.484 e. The van der Waals surface area contributed by atoms with Crippen molar-refractivity contribution in [1.82, 2.24) is 19.4 Å². The maximum absolute atomic E-state index is 12.5. The fourth-order valence-corrected chi connectivity index (χ4v) is 3.22. The smallest absolute Gasteiger partial charge is 0.260 e. The predicted octanol–water partition coefficient (Wildman–Crippen LogP) is 0.395. The van der Waals surface area contributed by atoms with Gasteiger partial charge in [-0.05, 0) is 18.2 Å². The molecule has 9 heteroatoms. The van der Waals surface area contributed by atoms with Crippen LogP contribution < -0.4 is 9.46 Å². The van der Waals surface area contributed by atoms with Crippen LogP contribution in [0.15, 0.2) is 42.6 Å². The summed E-state index contributed by atoms with van der Waals surface area (Å²) >= 11 is 0. The van der Waals surface area contributed by atoms with Crippen LogP contribution in [0.3, 0.4) is 0 Å². The van der Waals surface area contributed by atoms with Gasteiger partial charge in [-0.3, -0.25) is 9.48 Å². The van der Waals surface area contributed by atoms with Gasteiger partial charge in [-0.1, -0.05) is 18.2 Å². The fourth-order valence-electron chi connectivity index (χ4n) is 2.73. The summed E-state index contributed by atoms with van der Waals surface area (Å²) in [5.74, 6) is 0.480. The molecule has 1 aromatic heterocycles. The Kier molecular flexibility index (Phi) is 5.05. The molecule has 0 radical (unpaired) electrons. The van der Waals surface area contributed by atoms with Crippen LogP contribution in [-0.2, 0) is 21.4 Å². The normalized spacial score (nSPS) is 17.2. The minimum atomic E-state index is -3.31. The molecule has 8 nitrogen and oxygen atoms in total.